The third-order valence-corrected chi connectivity index (χ3v) is 1.70. The van der Waals surface area contributed by atoms with Crippen molar-refractivity contribution in [1.82, 2.24) is 9.38 Å². The van der Waals surface area contributed by atoms with Crippen LogP contribution in [0.3, 0.4) is 0 Å². The summed E-state index contributed by atoms with van der Waals surface area (Å²) in [6, 6.07) is 4.63. The molecule has 5 nitrogen and oxygen atoms in total. The average molecular weight is 178 g/mol. The van der Waals surface area contributed by atoms with Crippen LogP contribution in [0.5, 0.6) is 5.88 Å². The van der Waals surface area contributed by atoms with Crippen molar-refractivity contribution in [1.29, 1.82) is 0 Å². The van der Waals surface area contributed by atoms with Gasteiger partial charge >= 0.3 is 5.97 Å². The van der Waals surface area contributed by atoms with Crippen LogP contribution in [0.2, 0.25) is 0 Å². The lowest BCUT2D eigenvalue weighted by Crippen LogP contribution is -2.03. The van der Waals surface area contributed by atoms with Crippen molar-refractivity contribution in [3.63, 3.8) is 0 Å². The maximum atomic E-state index is 10.7. The van der Waals surface area contributed by atoms with Gasteiger partial charge in [-0.3, -0.25) is 4.40 Å². The molecule has 0 saturated heterocycles. The Morgan fingerprint density at radius 2 is 2.23 bits per heavy atom. The molecular weight excluding hydrogens is 172 g/mol. The molecule has 0 radical (unpaired) electrons. The fourth-order valence-corrected chi connectivity index (χ4v) is 1.17. The Morgan fingerprint density at radius 3 is 2.92 bits per heavy atom. The molecule has 0 atom stereocenters. The van der Waals surface area contributed by atoms with Gasteiger partial charge in [-0.1, -0.05) is 6.07 Å². The summed E-state index contributed by atoms with van der Waals surface area (Å²) in [7, 11) is 0. The van der Waals surface area contributed by atoms with Gasteiger partial charge in [-0.05, 0) is 12.1 Å². The number of aromatic carboxylic acids is 1. The van der Waals surface area contributed by atoms with E-state index in [9.17, 15) is 4.79 Å². The largest absolute Gasteiger partial charge is 0.492 e. The minimum atomic E-state index is -1.05. The third kappa shape index (κ3) is 1.10. The first-order valence-electron chi connectivity index (χ1n) is 3.59. The van der Waals surface area contributed by atoms with Gasteiger partial charge < -0.3 is 10.2 Å². The number of imidazole rings is 1. The van der Waals surface area contributed by atoms with E-state index in [-0.39, 0.29) is 11.6 Å². The Bertz CT molecular complexity index is 475. The average Bonchev–Trinajstić information content (AvgIpc) is 2.43. The number of carboxylic acids is 1. The van der Waals surface area contributed by atoms with E-state index in [2.05, 4.69) is 4.98 Å². The van der Waals surface area contributed by atoms with Crippen LogP contribution in [0, 0.1) is 0 Å². The fourth-order valence-electron chi connectivity index (χ4n) is 1.17. The molecule has 2 N–H and O–H groups in total. The Balaban J connectivity index is 2.82. The standard InChI is InChI=1S/C8H6N2O3/c11-7-4-10-5(8(12)13)2-1-3-6(10)9-7/h1-4,11H,(H,12,13). The number of rotatable bonds is 1. The minimum absolute atomic E-state index is 0.0744. The summed E-state index contributed by atoms with van der Waals surface area (Å²) >= 11 is 0. The second-order valence-corrected chi connectivity index (χ2v) is 2.54. The number of nitrogens with zero attached hydrogens (tertiary/aromatic N) is 2. The molecule has 66 valence electrons. The molecule has 0 bridgehead atoms. The second-order valence-electron chi connectivity index (χ2n) is 2.54. The van der Waals surface area contributed by atoms with Gasteiger partial charge in [0.15, 0.2) is 0 Å². The number of aromatic nitrogens is 2. The summed E-state index contributed by atoms with van der Waals surface area (Å²) in [5.41, 5.74) is 0.489. The molecule has 0 fully saturated rings. The van der Waals surface area contributed by atoms with Gasteiger partial charge in [0.25, 0.3) is 0 Å². The molecule has 0 aliphatic rings. The van der Waals surface area contributed by atoms with Crippen LogP contribution in [0.1, 0.15) is 10.5 Å². The highest BCUT2D eigenvalue weighted by Crippen LogP contribution is 2.12. The van der Waals surface area contributed by atoms with E-state index in [1.807, 2.05) is 0 Å². The molecule has 0 amide bonds. The summed E-state index contributed by atoms with van der Waals surface area (Å²) in [4.78, 5) is 14.4. The number of carboxylic acid groups (broad SMARTS) is 1. The quantitative estimate of drug-likeness (QED) is 0.675. The van der Waals surface area contributed by atoms with Crippen LogP contribution in [0.15, 0.2) is 24.4 Å². The van der Waals surface area contributed by atoms with Crippen molar-refractivity contribution in [2.24, 2.45) is 0 Å². The third-order valence-electron chi connectivity index (χ3n) is 1.70. The summed E-state index contributed by atoms with van der Waals surface area (Å²) in [6.07, 6.45) is 1.26. The number of carbonyl (C=O) groups is 1. The highest BCUT2D eigenvalue weighted by atomic mass is 16.4. The fraction of sp³-hybridized carbons (Fsp3) is 0. The van der Waals surface area contributed by atoms with Gasteiger partial charge in [0.1, 0.15) is 11.3 Å². The van der Waals surface area contributed by atoms with Crippen molar-refractivity contribution in [2.45, 2.75) is 0 Å². The van der Waals surface area contributed by atoms with Crippen molar-refractivity contribution >= 4 is 11.6 Å². The summed E-state index contributed by atoms with van der Waals surface area (Å²) in [5, 5.41) is 17.8. The first-order chi connectivity index (χ1) is 6.18. The number of pyridine rings is 1. The predicted molar refractivity (Wildman–Crippen MR) is 43.8 cm³/mol. The van der Waals surface area contributed by atoms with Gasteiger partial charge in [-0.25, -0.2) is 4.79 Å². The maximum Gasteiger partial charge on any atom is 0.352 e. The zero-order valence-corrected chi connectivity index (χ0v) is 6.51. The lowest BCUT2D eigenvalue weighted by Gasteiger charge is -1.97. The summed E-state index contributed by atoms with van der Waals surface area (Å²) in [6.45, 7) is 0. The first-order valence-corrected chi connectivity index (χ1v) is 3.59. The van der Waals surface area contributed by atoms with Gasteiger partial charge in [-0.15, -0.1) is 0 Å². The Morgan fingerprint density at radius 1 is 1.46 bits per heavy atom. The molecule has 0 saturated carbocycles. The van der Waals surface area contributed by atoms with Crippen molar-refractivity contribution in [3.8, 4) is 5.88 Å². The van der Waals surface area contributed by atoms with Crippen LogP contribution in [0.25, 0.3) is 5.65 Å². The zero-order chi connectivity index (χ0) is 9.42. The highest BCUT2D eigenvalue weighted by Gasteiger charge is 2.08. The predicted octanol–water partition coefficient (Wildman–Crippen LogP) is 0.738. The van der Waals surface area contributed by atoms with E-state index >= 15 is 0 Å². The highest BCUT2D eigenvalue weighted by molar-refractivity contribution is 5.86. The van der Waals surface area contributed by atoms with E-state index in [1.54, 1.807) is 12.1 Å². The maximum absolute atomic E-state index is 10.7. The Kier molecular flexibility index (Phi) is 1.45. The molecule has 2 aromatic heterocycles. The van der Waals surface area contributed by atoms with Crippen molar-refractivity contribution < 1.29 is 15.0 Å². The number of hydrogen-bond donors (Lipinski definition) is 2. The van der Waals surface area contributed by atoms with E-state index in [4.69, 9.17) is 10.2 Å². The molecule has 0 aliphatic heterocycles. The molecule has 0 aliphatic carbocycles. The lowest BCUT2D eigenvalue weighted by molar-refractivity contribution is 0.0689. The smallest absolute Gasteiger partial charge is 0.352 e. The van der Waals surface area contributed by atoms with E-state index < -0.39 is 5.97 Å². The van der Waals surface area contributed by atoms with Crippen LogP contribution < -0.4 is 0 Å². The monoisotopic (exact) mass is 178 g/mol. The lowest BCUT2D eigenvalue weighted by atomic mass is 10.3. The molecule has 0 unspecified atom stereocenters. The SMILES string of the molecule is O=C(O)c1cccc2nc(O)cn12. The van der Waals surface area contributed by atoms with Crippen LogP contribution in [-0.2, 0) is 0 Å². The molecule has 2 heterocycles. The van der Waals surface area contributed by atoms with Gasteiger partial charge in [0.2, 0.25) is 5.88 Å². The molecular formula is C8H6N2O3. The van der Waals surface area contributed by atoms with Crippen molar-refractivity contribution in [2.75, 3.05) is 0 Å². The van der Waals surface area contributed by atoms with E-state index in [0.29, 0.717) is 5.65 Å². The zero-order valence-electron chi connectivity index (χ0n) is 6.51. The Hall–Kier alpha value is -2.04. The topological polar surface area (TPSA) is 74.8 Å². The molecule has 13 heavy (non-hydrogen) atoms. The molecule has 0 spiro atoms. The number of fused-ring (bicyclic) bond motifs is 1. The van der Waals surface area contributed by atoms with Gasteiger partial charge in [-0.2, -0.15) is 4.98 Å². The van der Waals surface area contributed by atoms with Gasteiger partial charge in [0, 0.05) is 0 Å². The van der Waals surface area contributed by atoms with Crippen LogP contribution in [-0.4, -0.2) is 25.6 Å². The number of hydrogen-bond acceptors (Lipinski definition) is 3. The molecule has 0 aromatic carbocycles. The molecule has 5 heteroatoms. The number of aromatic hydroxyl groups is 1. The summed E-state index contributed by atoms with van der Waals surface area (Å²) in [5.74, 6) is -1.24. The normalized spacial score (nSPS) is 10.5. The Labute approximate surface area is 72.9 Å². The van der Waals surface area contributed by atoms with E-state index in [1.165, 1.54) is 16.7 Å². The van der Waals surface area contributed by atoms with E-state index in [0.717, 1.165) is 0 Å². The first kappa shape index (κ1) is 7.60. The molecule has 2 aromatic rings. The van der Waals surface area contributed by atoms with Crippen LogP contribution >= 0.6 is 0 Å². The van der Waals surface area contributed by atoms with Gasteiger partial charge in [0.05, 0.1) is 6.20 Å². The second kappa shape index (κ2) is 2.48. The minimum Gasteiger partial charge on any atom is -0.492 e. The van der Waals surface area contributed by atoms with Crippen LogP contribution in [0.4, 0.5) is 0 Å². The summed E-state index contributed by atoms with van der Waals surface area (Å²) < 4.78 is 1.32. The van der Waals surface area contributed by atoms with Crippen molar-refractivity contribution in [3.05, 3.63) is 30.1 Å². The molecule has 2 rings (SSSR count).